The van der Waals surface area contributed by atoms with Gasteiger partial charge < -0.3 is 10.6 Å². The van der Waals surface area contributed by atoms with Gasteiger partial charge >= 0.3 is 0 Å². The molecule has 1 aliphatic heterocycles. The average molecular weight is 275 g/mol. The second-order valence-electron chi connectivity index (χ2n) is 5.17. The number of nitrogens with zero attached hydrogens (tertiary/aromatic N) is 1. The van der Waals surface area contributed by atoms with Crippen LogP contribution in [-0.2, 0) is 9.59 Å². The summed E-state index contributed by atoms with van der Waals surface area (Å²) in [4.78, 5) is 25.0. The van der Waals surface area contributed by atoms with Crippen molar-refractivity contribution in [2.75, 3.05) is 25.0 Å². The number of carbonyl (C=O) groups excluding carboxylic acids is 2. The third kappa shape index (κ3) is 4.66. The van der Waals surface area contributed by atoms with E-state index in [9.17, 15) is 9.59 Å². The highest BCUT2D eigenvalue weighted by atomic mass is 16.2. The third-order valence-electron chi connectivity index (χ3n) is 3.42. The van der Waals surface area contributed by atoms with Gasteiger partial charge in [0.2, 0.25) is 11.8 Å². The van der Waals surface area contributed by atoms with Gasteiger partial charge in [0.1, 0.15) is 0 Å². The van der Waals surface area contributed by atoms with E-state index in [0.717, 1.165) is 31.6 Å². The topological polar surface area (TPSA) is 61.4 Å². The van der Waals surface area contributed by atoms with E-state index in [2.05, 4.69) is 15.5 Å². The number of para-hydroxylation sites is 1. The van der Waals surface area contributed by atoms with E-state index in [1.165, 1.54) is 0 Å². The van der Waals surface area contributed by atoms with E-state index >= 15 is 0 Å². The van der Waals surface area contributed by atoms with Crippen LogP contribution in [0.2, 0.25) is 0 Å². The van der Waals surface area contributed by atoms with Gasteiger partial charge in [-0.3, -0.25) is 14.5 Å². The van der Waals surface area contributed by atoms with Crippen molar-refractivity contribution in [3.8, 4) is 0 Å². The Morgan fingerprint density at radius 1 is 1.20 bits per heavy atom. The van der Waals surface area contributed by atoms with Crippen LogP contribution in [0, 0.1) is 0 Å². The van der Waals surface area contributed by atoms with Crippen LogP contribution in [0.5, 0.6) is 0 Å². The van der Waals surface area contributed by atoms with Crippen molar-refractivity contribution in [2.24, 2.45) is 0 Å². The summed E-state index contributed by atoms with van der Waals surface area (Å²) in [5, 5.41) is 5.81. The maximum atomic E-state index is 11.9. The molecule has 1 saturated heterocycles. The van der Waals surface area contributed by atoms with E-state index in [1.807, 2.05) is 30.3 Å². The van der Waals surface area contributed by atoms with Crippen LogP contribution in [0.1, 0.15) is 19.8 Å². The number of hydrogen-bond donors (Lipinski definition) is 2. The molecular formula is C15H21N3O2. The van der Waals surface area contributed by atoms with Crippen molar-refractivity contribution in [3.05, 3.63) is 30.3 Å². The zero-order valence-corrected chi connectivity index (χ0v) is 11.8. The molecule has 0 radical (unpaired) electrons. The molecule has 2 rings (SSSR count). The maximum Gasteiger partial charge on any atom is 0.238 e. The first-order valence-electron chi connectivity index (χ1n) is 6.98. The molecule has 1 aromatic carbocycles. The van der Waals surface area contributed by atoms with Crippen molar-refractivity contribution >= 4 is 17.5 Å². The Hall–Kier alpha value is -1.88. The minimum Gasteiger partial charge on any atom is -0.354 e. The van der Waals surface area contributed by atoms with Crippen molar-refractivity contribution in [1.82, 2.24) is 10.2 Å². The molecule has 0 unspecified atom stereocenters. The van der Waals surface area contributed by atoms with Crippen LogP contribution in [0.4, 0.5) is 5.69 Å². The average Bonchev–Trinajstić information content (AvgIpc) is 2.41. The monoisotopic (exact) mass is 275 g/mol. The molecule has 1 aromatic rings. The van der Waals surface area contributed by atoms with Crippen LogP contribution in [-0.4, -0.2) is 42.4 Å². The van der Waals surface area contributed by atoms with Gasteiger partial charge in [-0.25, -0.2) is 0 Å². The lowest BCUT2D eigenvalue weighted by molar-refractivity contribution is -0.121. The molecule has 20 heavy (non-hydrogen) atoms. The Balaban J connectivity index is 1.72. The number of rotatable bonds is 4. The lowest BCUT2D eigenvalue weighted by atomic mass is 10.1. The molecule has 0 spiro atoms. The summed E-state index contributed by atoms with van der Waals surface area (Å²) in [6, 6.07) is 9.72. The number of carbonyl (C=O) groups is 2. The van der Waals surface area contributed by atoms with Crippen molar-refractivity contribution in [3.63, 3.8) is 0 Å². The Kier molecular flexibility index (Phi) is 5.12. The van der Waals surface area contributed by atoms with Crippen molar-refractivity contribution in [1.29, 1.82) is 0 Å². The molecule has 1 heterocycles. The molecule has 5 nitrogen and oxygen atoms in total. The van der Waals surface area contributed by atoms with Gasteiger partial charge in [-0.15, -0.1) is 0 Å². The van der Waals surface area contributed by atoms with Crippen molar-refractivity contribution in [2.45, 2.75) is 25.8 Å². The quantitative estimate of drug-likeness (QED) is 0.868. The molecule has 2 N–H and O–H groups in total. The molecule has 0 aromatic heterocycles. The first kappa shape index (κ1) is 14.5. The van der Waals surface area contributed by atoms with Gasteiger partial charge in [0.05, 0.1) is 6.54 Å². The van der Waals surface area contributed by atoms with Crippen LogP contribution in [0.25, 0.3) is 0 Å². The van der Waals surface area contributed by atoms with Gasteiger partial charge in [0, 0.05) is 31.7 Å². The molecule has 0 atom stereocenters. The van der Waals surface area contributed by atoms with Crippen LogP contribution < -0.4 is 10.6 Å². The zero-order valence-electron chi connectivity index (χ0n) is 11.8. The largest absolute Gasteiger partial charge is 0.354 e. The summed E-state index contributed by atoms with van der Waals surface area (Å²) in [6.45, 7) is 3.63. The number of anilines is 1. The molecule has 1 fully saturated rings. The molecular weight excluding hydrogens is 254 g/mol. The van der Waals surface area contributed by atoms with E-state index in [1.54, 1.807) is 6.92 Å². The van der Waals surface area contributed by atoms with E-state index in [0.29, 0.717) is 6.54 Å². The summed E-state index contributed by atoms with van der Waals surface area (Å²) in [5.41, 5.74) is 0.825. The number of benzene rings is 1. The summed E-state index contributed by atoms with van der Waals surface area (Å²) in [5.74, 6) is 0.0273. The van der Waals surface area contributed by atoms with Gasteiger partial charge in [-0.1, -0.05) is 18.2 Å². The molecule has 1 aliphatic rings. The number of amides is 2. The maximum absolute atomic E-state index is 11.9. The predicted octanol–water partition coefficient (Wildman–Crippen LogP) is 1.23. The fraction of sp³-hybridized carbons (Fsp3) is 0.467. The lowest BCUT2D eigenvalue weighted by Gasteiger charge is -2.31. The summed E-state index contributed by atoms with van der Waals surface area (Å²) < 4.78 is 0. The van der Waals surface area contributed by atoms with Crippen LogP contribution in [0.3, 0.4) is 0 Å². The summed E-state index contributed by atoms with van der Waals surface area (Å²) in [7, 11) is 0. The highest BCUT2D eigenvalue weighted by Gasteiger charge is 2.21. The molecule has 5 heteroatoms. The number of likely N-dealkylation sites (tertiary alicyclic amines) is 1. The second kappa shape index (κ2) is 7.05. The second-order valence-corrected chi connectivity index (χ2v) is 5.17. The standard InChI is InChI=1S/C15H21N3O2/c1-12(19)16-14-7-9-18(10-8-14)11-15(20)17-13-5-3-2-4-6-13/h2-6,14H,7-11H2,1H3,(H,16,19)(H,17,20). The Bertz CT molecular complexity index is 453. The number of nitrogens with one attached hydrogen (secondary N) is 2. The first-order chi connectivity index (χ1) is 9.63. The van der Waals surface area contributed by atoms with Gasteiger partial charge in [0.25, 0.3) is 0 Å². The summed E-state index contributed by atoms with van der Waals surface area (Å²) >= 11 is 0. The normalized spacial score (nSPS) is 16.6. The van der Waals surface area contributed by atoms with E-state index in [4.69, 9.17) is 0 Å². The molecule has 108 valence electrons. The minimum absolute atomic E-state index is 0.00850. The lowest BCUT2D eigenvalue weighted by Crippen LogP contribution is -2.46. The van der Waals surface area contributed by atoms with Crippen LogP contribution >= 0.6 is 0 Å². The van der Waals surface area contributed by atoms with Crippen LogP contribution in [0.15, 0.2) is 30.3 Å². The zero-order chi connectivity index (χ0) is 14.4. The smallest absolute Gasteiger partial charge is 0.238 e. The minimum atomic E-state index is 0.00850. The molecule has 0 aliphatic carbocycles. The fourth-order valence-electron chi connectivity index (χ4n) is 2.45. The van der Waals surface area contributed by atoms with Gasteiger partial charge in [-0.2, -0.15) is 0 Å². The fourth-order valence-corrected chi connectivity index (χ4v) is 2.45. The van der Waals surface area contributed by atoms with Crippen molar-refractivity contribution < 1.29 is 9.59 Å². The highest BCUT2D eigenvalue weighted by Crippen LogP contribution is 2.11. The SMILES string of the molecule is CC(=O)NC1CCN(CC(=O)Nc2ccccc2)CC1. The summed E-state index contributed by atoms with van der Waals surface area (Å²) in [6.07, 6.45) is 1.80. The first-order valence-corrected chi connectivity index (χ1v) is 6.98. The predicted molar refractivity (Wildman–Crippen MR) is 78.4 cm³/mol. The van der Waals surface area contributed by atoms with Gasteiger partial charge in [0.15, 0.2) is 0 Å². The molecule has 2 amide bonds. The highest BCUT2D eigenvalue weighted by molar-refractivity contribution is 5.92. The Morgan fingerprint density at radius 3 is 2.45 bits per heavy atom. The Morgan fingerprint density at radius 2 is 1.85 bits per heavy atom. The number of piperidine rings is 1. The Labute approximate surface area is 119 Å². The molecule has 0 saturated carbocycles. The van der Waals surface area contributed by atoms with E-state index < -0.39 is 0 Å². The molecule has 0 bridgehead atoms. The van der Waals surface area contributed by atoms with E-state index in [-0.39, 0.29) is 17.9 Å². The third-order valence-corrected chi connectivity index (χ3v) is 3.42. The number of hydrogen-bond acceptors (Lipinski definition) is 3. The van der Waals surface area contributed by atoms with Gasteiger partial charge in [-0.05, 0) is 25.0 Å².